The number of ether oxygens (including phenoxy) is 1. The number of fused-ring (bicyclic) bond motifs is 1. The Balaban J connectivity index is 2.09. The number of aromatic nitrogens is 2. The second-order valence-electron chi connectivity index (χ2n) is 3.92. The van der Waals surface area contributed by atoms with Crippen molar-refractivity contribution in [2.24, 2.45) is 0 Å². The summed E-state index contributed by atoms with van der Waals surface area (Å²) >= 11 is 0. The molecule has 5 heteroatoms. The molecular weight excluding hydrogens is 208 g/mol. The molecule has 0 spiro atoms. The Morgan fingerprint density at radius 1 is 1.38 bits per heavy atom. The highest BCUT2D eigenvalue weighted by molar-refractivity contribution is 5.40. The smallest absolute Gasteiger partial charge is 0.136 e. The van der Waals surface area contributed by atoms with Gasteiger partial charge in [-0.05, 0) is 12.1 Å². The zero-order chi connectivity index (χ0) is 11.1. The second kappa shape index (κ2) is 3.55. The molecule has 16 heavy (non-hydrogen) atoms. The molecule has 0 saturated carbocycles. The van der Waals surface area contributed by atoms with E-state index in [4.69, 9.17) is 4.74 Å². The first-order valence-corrected chi connectivity index (χ1v) is 5.17. The molecule has 5 nitrogen and oxygen atoms in total. The molecule has 2 aromatic heterocycles. The van der Waals surface area contributed by atoms with Gasteiger partial charge in [-0.15, -0.1) is 0 Å². The molecule has 1 aliphatic heterocycles. The molecule has 1 unspecified atom stereocenters. The van der Waals surface area contributed by atoms with Gasteiger partial charge in [0, 0.05) is 12.4 Å². The highest BCUT2D eigenvalue weighted by Gasteiger charge is 2.36. The quantitative estimate of drug-likeness (QED) is 0.716. The lowest BCUT2D eigenvalue weighted by atomic mass is 10.1. The summed E-state index contributed by atoms with van der Waals surface area (Å²) in [7, 11) is 0. The molecule has 0 radical (unpaired) electrons. The van der Waals surface area contributed by atoms with Gasteiger partial charge >= 0.3 is 0 Å². The fourth-order valence-electron chi connectivity index (χ4n) is 2.06. The van der Waals surface area contributed by atoms with E-state index in [1.807, 2.05) is 28.8 Å². The molecule has 1 saturated heterocycles. The van der Waals surface area contributed by atoms with Crippen molar-refractivity contribution in [3.63, 3.8) is 0 Å². The fraction of sp³-hybridized carbons (Fsp3) is 0.364. The summed E-state index contributed by atoms with van der Waals surface area (Å²) in [5, 5.41) is 19.3. The normalized spacial score (nSPS) is 30.0. The fourth-order valence-corrected chi connectivity index (χ4v) is 2.06. The van der Waals surface area contributed by atoms with Crippen LogP contribution in [0, 0.1) is 0 Å². The van der Waals surface area contributed by atoms with Crippen molar-refractivity contribution < 1.29 is 14.9 Å². The zero-order valence-corrected chi connectivity index (χ0v) is 8.52. The van der Waals surface area contributed by atoms with Gasteiger partial charge in [0.25, 0.3) is 0 Å². The first-order valence-electron chi connectivity index (χ1n) is 5.17. The highest BCUT2D eigenvalue weighted by atomic mass is 16.5. The van der Waals surface area contributed by atoms with Crippen LogP contribution in [0.3, 0.4) is 0 Å². The van der Waals surface area contributed by atoms with Crippen LogP contribution in [-0.2, 0) is 4.74 Å². The molecule has 1 fully saturated rings. The molecule has 0 amide bonds. The average Bonchev–Trinajstić information content (AvgIpc) is 2.87. The maximum Gasteiger partial charge on any atom is 0.136 e. The van der Waals surface area contributed by atoms with Crippen molar-refractivity contribution in [1.29, 1.82) is 0 Å². The first kappa shape index (κ1) is 9.77. The van der Waals surface area contributed by atoms with E-state index in [1.54, 1.807) is 6.20 Å². The minimum absolute atomic E-state index is 0.164. The Labute approximate surface area is 91.9 Å². The summed E-state index contributed by atoms with van der Waals surface area (Å²) in [4.78, 5) is 4.16. The van der Waals surface area contributed by atoms with Crippen LogP contribution >= 0.6 is 0 Å². The monoisotopic (exact) mass is 220 g/mol. The Bertz CT molecular complexity index is 511. The number of nitrogens with zero attached hydrogens (tertiary/aromatic N) is 2. The molecule has 0 aliphatic carbocycles. The number of rotatable bonds is 1. The summed E-state index contributed by atoms with van der Waals surface area (Å²) in [5.41, 5.74) is 1.61. The predicted molar refractivity (Wildman–Crippen MR) is 55.9 cm³/mol. The van der Waals surface area contributed by atoms with Gasteiger partial charge in [-0.1, -0.05) is 6.07 Å². The number of imidazole rings is 1. The number of aliphatic hydroxyl groups is 2. The van der Waals surface area contributed by atoms with E-state index >= 15 is 0 Å². The summed E-state index contributed by atoms with van der Waals surface area (Å²) in [6.45, 7) is 0.164. The van der Waals surface area contributed by atoms with Gasteiger partial charge in [0.15, 0.2) is 0 Å². The second-order valence-corrected chi connectivity index (χ2v) is 3.92. The third-order valence-electron chi connectivity index (χ3n) is 2.90. The Morgan fingerprint density at radius 3 is 3.00 bits per heavy atom. The minimum atomic E-state index is -0.881. The van der Waals surface area contributed by atoms with E-state index in [2.05, 4.69) is 4.98 Å². The van der Waals surface area contributed by atoms with Crippen LogP contribution in [0.4, 0.5) is 0 Å². The summed E-state index contributed by atoms with van der Waals surface area (Å²) in [5.74, 6) is 0. The standard InChI is InChI=1S/C11H12N2O3/c14-8-6-16-11(10(8)15)7-2-1-3-9-12-4-5-13(7)9/h1-5,8,10-11,14-15H,6H2/t8-,10-,11?/m1/s1. The molecule has 3 rings (SSSR count). The van der Waals surface area contributed by atoms with Crippen molar-refractivity contribution in [2.75, 3.05) is 6.61 Å². The van der Waals surface area contributed by atoms with Crippen molar-refractivity contribution in [2.45, 2.75) is 18.3 Å². The van der Waals surface area contributed by atoms with Gasteiger partial charge in [0.1, 0.15) is 24.0 Å². The van der Waals surface area contributed by atoms with Crippen LogP contribution in [0.15, 0.2) is 30.6 Å². The van der Waals surface area contributed by atoms with Gasteiger partial charge in [-0.3, -0.25) is 0 Å². The van der Waals surface area contributed by atoms with E-state index < -0.39 is 18.3 Å². The van der Waals surface area contributed by atoms with Crippen LogP contribution in [0.25, 0.3) is 5.65 Å². The van der Waals surface area contributed by atoms with Gasteiger partial charge in [0.2, 0.25) is 0 Å². The van der Waals surface area contributed by atoms with Crippen molar-refractivity contribution >= 4 is 5.65 Å². The Kier molecular flexibility index (Phi) is 2.17. The third kappa shape index (κ3) is 1.33. The Morgan fingerprint density at radius 2 is 2.25 bits per heavy atom. The van der Waals surface area contributed by atoms with Gasteiger partial charge in [0.05, 0.1) is 12.3 Å². The van der Waals surface area contributed by atoms with Gasteiger partial charge < -0.3 is 19.4 Å². The van der Waals surface area contributed by atoms with Crippen LogP contribution < -0.4 is 0 Å². The average molecular weight is 220 g/mol. The van der Waals surface area contributed by atoms with E-state index in [9.17, 15) is 10.2 Å². The topological polar surface area (TPSA) is 67.0 Å². The van der Waals surface area contributed by atoms with Crippen molar-refractivity contribution in [3.05, 3.63) is 36.3 Å². The van der Waals surface area contributed by atoms with E-state index in [0.29, 0.717) is 0 Å². The molecular formula is C11H12N2O3. The number of aliphatic hydroxyl groups excluding tert-OH is 2. The first-order chi connectivity index (χ1) is 7.77. The highest BCUT2D eigenvalue weighted by Crippen LogP contribution is 2.29. The summed E-state index contributed by atoms with van der Waals surface area (Å²) in [6, 6.07) is 5.60. The van der Waals surface area contributed by atoms with E-state index in [0.717, 1.165) is 11.3 Å². The maximum absolute atomic E-state index is 9.80. The SMILES string of the molecule is O[C@@H]1COC(c2cccc3nccn23)[C@@H]1O. The lowest BCUT2D eigenvalue weighted by molar-refractivity contribution is 0.0200. The van der Waals surface area contributed by atoms with Crippen molar-refractivity contribution in [3.8, 4) is 0 Å². The molecule has 2 N–H and O–H groups in total. The zero-order valence-electron chi connectivity index (χ0n) is 8.52. The lowest BCUT2D eigenvalue weighted by Gasteiger charge is -2.16. The largest absolute Gasteiger partial charge is 0.388 e. The number of hydrogen-bond donors (Lipinski definition) is 2. The minimum Gasteiger partial charge on any atom is -0.388 e. The molecule has 0 bridgehead atoms. The van der Waals surface area contributed by atoms with E-state index in [1.165, 1.54) is 0 Å². The molecule has 2 aromatic rings. The Hall–Kier alpha value is -1.43. The molecule has 0 aromatic carbocycles. The van der Waals surface area contributed by atoms with Crippen LogP contribution in [-0.4, -0.2) is 38.4 Å². The molecule has 3 heterocycles. The van der Waals surface area contributed by atoms with Crippen molar-refractivity contribution in [1.82, 2.24) is 9.38 Å². The molecule has 3 atom stereocenters. The molecule has 1 aliphatic rings. The lowest BCUT2D eigenvalue weighted by Crippen LogP contribution is -2.26. The summed E-state index contributed by atoms with van der Waals surface area (Å²) in [6.07, 6.45) is 1.31. The number of pyridine rings is 1. The number of hydrogen-bond acceptors (Lipinski definition) is 4. The predicted octanol–water partition coefficient (Wildman–Crippen LogP) is 0.127. The van der Waals surface area contributed by atoms with Crippen LogP contribution in [0.1, 0.15) is 11.8 Å². The molecule has 84 valence electrons. The third-order valence-corrected chi connectivity index (χ3v) is 2.90. The van der Waals surface area contributed by atoms with Gasteiger partial charge in [-0.2, -0.15) is 0 Å². The van der Waals surface area contributed by atoms with Gasteiger partial charge in [-0.25, -0.2) is 4.98 Å². The van der Waals surface area contributed by atoms with Crippen LogP contribution in [0.5, 0.6) is 0 Å². The summed E-state index contributed by atoms with van der Waals surface area (Å²) < 4.78 is 7.25. The van der Waals surface area contributed by atoms with Crippen LogP contribution in [0.2, 0.25) is 0 Å². The van der Waals surface area contributed by atoms with E-state index in [-0.39, 0.29) is 6.61 Å². The maximum atomic E-state index is 9.80.